The third-order valence-corrected chi connectivity index (χ3v) is 5.68. The lowest BCUT2D eigenvalue weighted by Crippen LogP contribution is -2.41. The molecule has 2 aromatic heterocycles. The molecule has 1 aliphatic carbocycles. The van der Waals surface area contributed by atoms with E-state index in [0.29, 0.717) is 10.4 Å². The Labute approximate surface area is 163 Å². The van der Waals surface area contributed by atoms with Gasteiger partial charge in [-0.05, 0) is 58.6 Å². The SMILES string of the molecule is CC(C)(C)OC(=O)N[C@H]1CC[C@@H](Sc2ccc3cnc(Cl)cc3n2)CC1. The molecule has 1 saturated carbocycles. The molecule has 1 fully saturated rings. The fraction of sp³-hybridized carbons (Fsp3) is 0.526. The minimum Gasteiger partial charge on any atom is -0.444 e. The van der Waals surface area contributed by atoms with Crippen molar-refractivity contribution in [1.82, 2.24) is 15.3 Å². The predicted molar refractivity (Wildman–Crippen MR) is 106 cm³/mol. The maximum atomic E-state index is 11.9. The highest BCUT2D eigenvalue weighted by Gasteiger charge is 2.25. The van der Waals surface area contributed by atoms with Gasteiger partial charge in [0.2, 0.25) is 0 Å². The molecule has 0 unspecified atom stereocenters. The summed E-state index contributed by atoms with van der Waals surface area (Å²) < 4.78 is 5.33. The molecule has 2 aromatic rings. The number of fused-ring (bicyclic) bond motifs is 1. The van der Waals surface area contributed by atoms with Crippen LogP contribution in [0.25, 0.3) is 10.9 Å². The summed E-state index contributed by atoms with van der Waals surface area (Å²) in [5.74, 6) is 0. The maximum absolute atomic E-state index is 11.9. The first kappa shape index (κ1) is 19.2. The molecule has 0 aromatic carbocycles. The van der Waals surface area contributed by atoms with Gasteiger partial charge in [-0.2, -0.15) is 0 Å². The number of halogens is 1. The van der Waals surface area contributed by atoms with E-state index in [1.807, 2.05) is 32.9 Å². The van der Waals surface area contributed by atoms with Gasteiger partial charge in [-0.1, -0.05) is 11.6 Å². The standard InChI is InChI=1S/C19H24ClN3O2S/c1-19(2,3)25-18(24)22-13-5-7-14(8-6-13)26-17-9-4-12-11-21-16(20)10-15(12)23-17/h4,9-11,13-14H,5-8H2,1-3H3,(H,22,24)/t13-,14+. The highest BCUT2D eigenvalue weighted by molar-refractivity contribution is 7.99. The molecule has 1 N–H and O–H groups in total. The smallest absolute Gasteiger partial charge is 0.407 e. The molecule has 0 radical (unpaired) electrons. The number of amides is 1. The molecule has 0 atom stereocenters. The first-order valence-electron chi connectivity index (χ1n) is 8.87. The Bertz CT molecular complexity index is 786. The third-order valence-electron chi connectivity index (χ3n) is 4.20. The van der Waals surface area contributed by atoms with Crippen LogP contribution in [0, 0.1) is 0 Å². The van der Waals surface area contributed by atoms with Gasteiger partial charge in [0, 0.05) is 28.9 Å². The van der Waals surface area contributed by atoms with Crippen LogP contribution in [0.2, 0.25) is 5.15 Å². The third kappa shape index (κ3) is 5.48. The monoisotopic (exact) mass is 393 g/mol. The number of thioether (sulfide) groups is 1. The zero-order valence-electron chi connectivity index (χ0n) is 15.3. The number of hydrogen-bond donors (Lipinski definition) is 1. The summed E-state index contributed by atoms with van der Waals surface area (Å²) in [6.45, 7) is 5.62. The topological polar surface area (TPSA) is 64.1 Å². The van der Waals surface area contributed by atoms with Gasteiger partial charge in [-0.3, -0.25) is 0 Å². The van der Waals surface area contributed by atoms with Crippen LogP contribution in [0.4, 0.5) is 4.79 Å². The van der Waals surface area contributed by atoms with Crippen molar-refractivity contribution >= 4 is 40.4 Å². The Balaban J connectivity index is 1.52. The van der Waals surface area contributed by atoms with Crippen molar-refractivity contribution in [2.24, 2.45) is 0 Å². The van der Waals surface area contributed by atoms with Gasteiger partial charge in [0.15, 0.2) is 0 Å². The molecule has 26 heavy (non-hydrogen) atoms. The van der Waals surface area contributed by atoms with Crippen LogP contribution in [-0.2, 0) is 4.74 Å². The van der Waals surface area contributed by atoms with Gasteiger partial charge in [0.25, 0.3) is 0 Å². The Hall–Kier alpha value is -1.53. The summed E-state index contributed by atoms with van der Waals surface area (Å²) in [7, 11) is 0. The second-order valence-electron chi connectivity index (χ2n) is 7.59. The van der Waals surface area contributed by atoms with Crippen molar-refractivity contribution in [3.8, 4) is 0 Å². The average Bonchev–Trinajstić information content (AvgIpc) is 2.54. The van der Waals surface area contributed by atoms with Gasteiger partial charge in [0.05, 0.1) is 10.5 Å². The largest absolute Gasteiger partial charge is 0.444 e. The Morgan fingerprint density at radius 1 is 1.27 bits per heavy atom. The number of carbonyl (C=O) groups excluding carboxylic acids is 1. The zero-order valence-corrected chi connectivity index (χ0v) is 16.9. The first-order valence-corrected chi connectivity index (χ1v) is 10.1. The van der Waals surface area contributed by atoms with Gasteiger partial charge < -0.3 is 10.1 Å². The van der Waals surface area contributed by atoms with Crippen molar-refractivity contribution in [3.63, 3.8) is 0 Å². The maximum Gasteiger partial charge on any atom is 0.407 e. The normalized spacial score (nSPS) is 20.8. The number of nitrogens with zero attached hydrogens (tertiary/aromatic N) is 2. The molecular formula is C19H24ClN3O2S. The Morgan fingerprint density at radius 2 is 2.00 bits per heavy atom. The summed E-state index contributed by atoms with van der Waals surface area (Å²) in [6, 6.07) is 6.05. The molecule has 140 valence electrons. The van der Waals surface area contributed by atoms with E-state index in [2.05, 4.69) is 15.3 Å². The molecular weight excluding hydrogens is 370 g/mol. The number of pyridine rings is 2. The van der Waals surface area contributed by atoms with Crippen LogP contribution >= 0.6 is 23.4 Å². The highest BCUT2D eigenvalue weighted by atomic mass is 35.5. The van der Waals surface area contributed by atoms with E-state index in [-0.39, 0.29) is 12.1 Å². The lowest BCUT2D eigenvalue weighted by Gasteiger charge is -2.29. The van der Waals surface area contributed by atoms with Gasteiger partial charge in [0.1, 0.15) is 10.8 Å². The number of rotatable bonds is 3. The molecule has 1 amide bonds. The van der Waals surface area contributed by atoms with E-state index in [0.717, 1.165) is 41.6 Å². The molecule has 0 bridgehead atoms. The van der Waals surface area contributed by atoms with Crippen molar-refractivity contribution < 1.29 is 9.53 Å². The second-order valence-corrected chi connectivity index (χ2v) is 9.29. The van der Waals surface area contributed by atoms with Gasteiger partial charge in [-0.25, -0.2) is 14.8 Å². The van der Waals surface area contributed by atoms with E-state index in [1.54, 1.807) is 24.0 Å². The minimum absolute atomic E-state index is 0.191. The highest BCUT2D eigenvalue weighted by Crippen LogP contribution is 2.33. The Kier molecular flexibility index (Phi) is 5.92. The lowest BCUT2D eigenvalue weighted by molar-refractivity contribution is 0.0493. The summed E-state index contributed by atoms with van der Waals surface area (Å²) in [5, 5.41) is 5.94. The number of aromatic nitrogens is 2. The summed E-state index contributed by atoms with van der Waals surface area (Å²) in [5.41, 5.74) is 0.410. The van der Waals surface area contributed by atoms with E-state index in [4.69, 9.17) is 16.3 Å². The van der Waals surface area contributed by atoms with Gasteiger partial charge in [-0.15, -0.1) is 11.8 Å². The molecule has 0 aliphatic heterocycles. The quantitative estimate of drug-likeness (QED) is 0.725. The molecule has 3 rings (SSSR count). The number of carbonyl (C=O) groups is 1. The average molecular weight is 394 g/mol. The summed E-state index contributed by atoms with van der Waals surface area (Å²) in [4.78, 5) is 20.7. The molecule has 5 nitrogen and oxygen atoms in total. The molecule has 0 spiro atoms. The molecule has 1 aliphatic rings. The van der Waals surface area contributed by atoms with E-state index in [9.17, 15) is 4.79 Å². The number of hydrogen-bond acceptors (Lipinski definition) is 5. The molecule has 2 heterocycles. The number of alkyl carbamates (subject to hydrolysis) is 1. The number of ether oxygens (including phenoxy) is 1. The summed E-state index contributed by atoms with van der Waals surface area (Å²) in [6.07, 6.45) is 5.42. The van der Waals surface area contributed by atoms with Crippen LogP contribution in [-0.4, -0.2) is 33.0 Å². The van der Waals surface area contributed by atoms with Crippen molar-refractivity contribution in [2.75, 3.05) is 0 Å². The fourth-order valence-corrected chi connectivity index (χ4v) is 4.31. The first-order chi connectivity index (χ1) is 12.3. The van der Waals surface area contributed by atoms with Gasteiger partial charge >= 0.3 is 6.09 Å². The van der Waals surface area contributed by atoms with E-state index < -0.39 is 5.60 Å². The lowest BCUT2D eigenvalue weighted by atomic mass is 9.95. The zero-order chi connectivity index (χ0) is 18.7. The minimum atomic E-state index is -0.461. The second kappa shape index (κ2) is 8.01. The molecule has 7 heteroatoms. The van der Waals surface area contributed by atoms with Crippen LogP contribution in [0.5, 0.6) is 0 Å². The van der Waals surface area contributed by atoms with Crippen molar-refractivity contribution in [1.29, 1.82) is 0 Å². The fourth-order valence-electron chi connectivity index (χ4n) is 3.01. The van der Waals surface area contributed by atoms with Crippen LogP contribution in [0.15, 0.2) is 29.4 Å². The van der Waals surface area contributed by atoms with Crippen LogP contribution < -0.4 is 5.32 Å². The predicted octanol–water partition coefficient (Wildman–Crippen LogP) is 5.21. The van der Waals surface area contributed by atoms with Crippen molar-refractivity contribution in [3.05, 3.63) is 29.5 Å². The summed E-state index contributed by atoms with van der Waals surface area (Å²) >= 11 is 7.76. The van der Waals surface area contributed by atoms with Crippen molar-refractivity contribution in [2.45, 2.75) is 68.4 Å². The van der Waals surface area contributed by atoms with E-state index in [1.165, 1.54) is 0 Å². The van der Waals surface area contributed by atoms with Crippen LogP contribution in [0.1, 0.15) is 46.5 Å². The molecule has 0 saturated heterocycles. The Morgan fingerprint density at radius 3 is 2.69 bits per heavy atom. The van der Waals surface area contributed by atoms with E-state index >= 15 is 0 Å². The number of nitrogens with one attached hydrogen (secondary N) is 1. The van der Waals surface area contributed by atoms with Crippen LogP contribution in [0.3, 0.4) is 0 Å².